The molecular formula is C16H25FN2O3S. The van der Waals surface area contributed by atoms with E-state index >= 15 is 0 Å². The molecule has 0 saturated heterocycles. The third-order valence-electron chi connectivity index (χ3n) is 3.13. The molecule has 0 aliphatic carbocycles. The van der Waals surface area contributed by atoms with Gasteiger partial charge >= 0.3 is 0 Å². The number of sulfonamides is 1. The number of nitrogens with zero attached hydrogens (tertiary/aromatic N) is 1. The van der Waals surface area contributed by atoms with E-state index in [4.69, 9.17) is 0 Å². The van der Waals surface area contributed by atoms with Crippen LogP contribution in [-0.2, 0) is 21.2 Å². The van der Waals surface area contributed by atoms with Crippen LogP contribution in [0.2, 0.25) is 0 Å². The number of nitrogens with one attached hydrogen (secondary N) is 1. The fraction of sp³-hybridized carbons (Fsp3) is 0.562. The van der Waals surface area contributed by atoms with Gasteiger partial charge in [0.25, 0.3) is 0 Å². The lowest BCUT2D eigenvalue weighted by molar-refractivity contribution is -0.122. The van der Waals surface area contributed by atoms with E-state index in [2.05, 4.69) is 5.32 Å². The highest BCUT2D eigenvalue weighted by molar-refractivity contribution is 7.88. The molecule has 1 rings (SSSR count). The summed E-state index contributed by atoms with van der Waals surface area (Å²) in [5, 5.41) is 2.80. The van der Waals surface area contributed by atoms with E-state index in [1.165, 1.54) is 16.4 Å². The van der Waals surface area contributed by atoms with Crippen molar-refractivity contribution in [3.05, 3.63) is 35.6 Å². The van der Waals surface area contributed by atoms with Gasteiger partial charge in [0, 0.05) is 25.0 Å². The number of carbonyl (C=O) groups is 1. The molecule has 0 aromatic heterocycles. The smallest absolute Gasteiger partial charge is 0.221 e. The van der Waals surface area contributed by atoms with Crippen LogP contribution in [0.25, 0.3) is 0 Å². The maximum atomic E-state index is 12.9. The van der Waals surface area contributed by atoms with Gasteiger partial charge in [-0.3, -0.25) is 4.79 Å². The van der Waals surface area contributed by atoms with Crippen molar-refractivity contribution < 1.29 is 17.6 Å². The predicted octanol–water partition coefficient (Wildman–Crippen LogP) is 1.93. The number of benzene rings is 1. The van der Waals surface area contributed by atoms with E-state index in [0.717, 1.165) is 11.8 Å². The van der Waals surface area contributed by atoms with Crippen LogP contribution >= 0.6 is 0 Å². The topological polar surface area (TPSA) is 66.5 Å². The highest BCUT2D eigenvalue weighted by Gasteiger charge is 2.19. The number of rotatable bonds is 7. The number of amides is 1. The molecule has 1 amide bonds. The Morgan fingerprint density at radius 3 is 2.22 bits per heavy atom. The molecule has 0 radical (unpaired) electrons. The fourth-order valence-electron chi connectivity index (χ4n) is 2.06. The van der Waals surface area contributed by atoms with Crippen molar-refractivity contribution in [2.45, 2.75) is 39.2 Å². The second-order valence-electron chi connectivity index (χ2n) is 6.59. The first-order valence-electron chi connectivity index (χ1n) is 7.48. The standard InChI is InChI=1S/C16H25FN2O3S/c1-16(2,3)18-15(20)10-12-19(23(4,21)22)11-9-13-5-7-14(17)8-6-13/h5-8H,9-12H2,1-4H3,(H,18,20). The van der Waals surface area contributed by atoms with E-state index in [0.29, 0.717) is 6.42 Å². The Labute approximate surface area is 137 Å². The fourth-order valence-corrected chi connectivity index (χ4v) is 2.90. The Balaban J connectivity index is 2.60. The average molecular weight is 344 g/mol. The second-order valence-corrected chi connectivity index (χ2v) is 8.57. The molecule has 23 heavy (non-hydrogen) atoms. The Kier molecular flexibility index (Phi) is 6.70. The molecule has 1 aromatic rings. The van der Waals surface area contributed by atoms with E-state index < -0.39 is 10.0 Å². The van der Waals surface area contributed by atoms with E-state index in [-0.39, 0.29) is 36.8 Å². The monoisotopic (exact) mass is 344 g/mol. The first-order valence-corrected chi connectivity index (χ1v) is 9.33. The Bertz CT molecular complexity index is 622. The summed E-state index contributed by atoms with van der Waals surface area (Å²) in [6.45, 7) is 5.99. The molecule has 0 fully saturated rings. The quantitative estimate of drug-likeness (QED) is 0.822. The number of hydrogen-bond acceptors (Lipinski definition) is 3. The minimum absolute atomic E-state index is 0.105. The molecule has 130 valence electrons. The molecule has 0 atom stereocenters. The van der Waals surface area contributed by atoms with Crippen molar-refractivity contribution in [3.63, 3.8) is 0 Å². The first-order chi connectivity index (χ1) is 10.5. The zero-order chi connectivity index (χ0) is 17.7. The summed E-state index contributed by atoms with van der Waals surface area (Å²) < 4.78 is 37.8. The SMILES string of the molecule is CC(C)(C)NC(=O)CCN(CCc1ccc(F)cc1)S(C)(=O)=O. The van der Waals surface area contributed by atoms with Crippen molar-refractivity contribution in [2.24, 2.45) is 0 Å². The molecule has 0 spiro atoms. The van der Waals surface area contributed by atoms with E-state index in [1.54, 1.807) is 12.1 Å². The summed E-state index contributed by atoms with van der Waals surface area (Å²) in [5.41, 5.74) is 0.500. The molecule has 1 N–H and O–H groups in total. The third-order valence-corrected chi connectivity index (χ3v) is 4.44. The molecular weight excluding hydrogens is 319 g/mol. The lowest BCUT2D eigenvalue weighted by Crippen LogP contribution is -2.42. The maximum absolute atomic E-state index is 12.9. The lowest BCUT2D eigenvalue weighted by Gasteiger charge is -2.23. The molecule has 1 aromatic carbocycles. The van der Waals surface area contributed by atoms with Crippen molar-refractivity contribution in [2.75, 3.05) is 19.3 Å². The molecule has 5 nitrogen and oxygen atoms in total. The highest BCUT2D eigenvalue weighted by atomic mass is 32.2. The van der Waals surface area contributed by atoms with Gasteiger partial charge in [0.15, 0.2) is 0 Å². The average Bonchev–Trinajstić information content (AvgIpc) is 2.37. The predicted molar refractivity (Wildman–Crippen MR) is 89.0 cm³/mol. The lowest BCUT2D eigenvalue weighted by atomic mass is 10.1. The number of hydrogen-bond donors (Lipinski definition) is 1. The zero-order valence-corrected chi connectivity index (χ0v) is 14.9. The van der Waals surface area contributed by atoms with Crippen LogP contribution in [-0.4, -0.2) is 43.5 Å². The van der Waals surface area contributed by atoms with Crippen molar-refractivity contribution >= 4 is 15.9 Å². The van der Waals surface area contributed by atoms with Gasteiger partial charge in [-0.2, -0.15) is 0 Å². The van der Waals surface area contributed by atoms with Crippen LogP contribution in [0, 0.1) is 5.82 Å². The van der Waals surface area contributed by atoms with Crippen LogP contribution in [0.15, 0.2) is 24.3 Å². The highest BCUT2D eigenvalue weighted by Crippen LogP contribution is 2.08. The number of carbonyl (C=O) groups excluding carboxylic acids is 1. The van der Waals surface area contributed by atoms with Gasteiger partial charge in [0.1, 0.15) is 5.82 Å². The minimum atomic E-state index is -3.40. The summed E-state index contributed by atoms with van der Waals surface area (Å²) in [5.74, 6) is -0.513. The molecule has 0 saturated carbocycles. The largest absolute Gasteiger partial charge is 0.351 e. The molecule has 7 heteroatoms. The molecule has 0 aliphatic heterocycles. The zero-order valence-electron chi connectivity index (χ0n) is 14.1. The van der Waals surface area contributed by atoms with Gasteiger partial charge < -0.3 is 5.32 Å². The van der Waals surface area contributed by atoms with Crippen molar-refractivity contribution in [3.8, 4) is 0 Å². The molecule has 0 aliphatic rings. The Morgan fingerprint density at radius 2 is 1.74 bits per heavy atom. The molecule has 0 bridgehead atoms. The molecule has 0 heterocycles. The normalized spacial score (nSPS) is 12.4. The van der Waals surface area contributed by atoms with Gasteiger partial charge in [-0.15, -0.1) is 0 Å². The summed E-state index contributed by atoms with van der Waals surface area (Å²) in [6, 6.07) is 5.94. The Morgan fingerprint density at radius 1 is 1.17 bits per heavy atom. The van der Waals surface area contributed by atoms with Crippen molar-refractivity contribution in [1.82, 2.24) is 9.62 Å². The van der Waals surface area contributed by atoms with Gasteiger partial charge in [0.2, 0.25) is 15.9 Å². The van der Waals surface area contributed by atoms with Crippen LogP contribution < -0.4 is 5.32 Å². The maximum Gasteiger partial charge on any atom is 0.221 e. The van der Waals surface area contributed by atoms with Crippen molar-refractivity contribution in [1.29, 1.82) is 0 Å². The van der Waals surface area contributed by atoms with Gasteiger partial charge in [-0.25, -0.2) is 17.1 Å². The third kappa shape index (κ3) is 8.08. The summed E-state index contributed by atoms with van der Waals surface area (Å²) >= 11 is 0. The second kappa shape index (κ2) is 7.88. The van der Waals surface area contributed by atoms with Crippen LogP contribution in [0.1, 0.15) is 32.8 Å². The van der Waals surface area contributed by atoms with Crippen LogP contribution in [0.5, 0.6) is 0 Å². The van der Waals surface area contributed by atoms with Gasteiger partial charge in [-0.05, 0) is 44.9 Å². The van der Waals surface area contributed by atoms with E-state index in [1.807, 2.05) is 20.8 Å². The van der Waals surface area contributed by atoms with Crippen LogP contribution in [0.4, 0.5) is 4.39 Å². The van der Waals surface area contributed by atoms with Gasteiger partial charge in [-0.1, -0.05) is 12.1 Å². The first kappa shape index (κ1) is 19.6. The summed E-state index contributed by atoms with van der Waals surface area (Å²) in [6.07, 6.45) is 1.70. The number of halogens is 1. The minimum Gasteiger partial charge on any atom is -0.351 e. The van der Waals surface area contributed by atoms with Gasteiger partial charge in [0.05, 0.1) is 6.26 Å². The Hall–Kier alpha value is -1.47. The summed E-state index contributed by atoms with van der Waals surface area (Å²) in [4.78, 5) is 11.8. The summed E-state index contributed by atoms with van der Waals surface area (Å²) in [7, 11) is -3.40. The van der Waals surface area contributed by atoms with E-state index in [9.17, 15) is 17.6 Å². The molecule has 0 unspecified atom stereocenters. The van der Waals surface area contributed by atoms with Crippen LogP contribution in [0.3, 0.4) is 0 Å².